The van der Waals surface area contributed by atoms with Gasteiger partial charge in [0.2, 0.25) is 5.91 Å². The van der Waals surface area contributed by atoms with Crippen molar-refractivity contribution < 1.29 is 30.0 Å². The predicted molar refractivity (Wildman–Crippen MR) is 171 cm³/mol. The molecule has 4 unspecified atom stereocenters. The fourth-order valence-electron chi connectivity index (χ4n) is 5.26. The van der Waals surface area contributed by atoms with Gasteiger partial charge in [-0.05, 0) is 62.2 Å². The van der Waals surface area contributed by atoms with Gasteiger partial charge in [-0.1, -0.05) is 35.9 Å². The molecule has 2 amide bonds. The second-order valence-corrected chi connectivity index (χ2v) is 11.9. The third-order valence-electron chi connectivity index (χ3n) is 8.12. The summed E-state index contributed by atoms with van der Waals surface area (Å²) in [5.41, 5.74) is 13.8. The number of nitrogens with two attached hydrogens (primary N) is 2. The minimum absolute atomic E-state index is 0.00828. The van der Waals surface area contributed by atoms with Gasteiger partial charge < -0.3 is 52.7 Å². The molecule has 1 aliphatic heterocycles. The fourth-order valence-corrected chi connectivity index (χ4v) is 5.39. The number of amides is 2. The van der Waals surface area contributed by atoms with Crippen LogP contribution in [0.2, 0.25) is 5.15 Å². The van der Waals surface area contributed by atoms with Gasteiger partial charge >= 0.3 is 0 Å². The van der Waals surface area contributed by atoms with E-state index in [1.807, 2.05) is 17.0 Å². The van der Waals surface area contributed by atoms with E-state index < -0.39 is 30.8 Å². The number of nitrogen functional groups attached to an aromatic ring is 2. The Morgan fingerprint density at radius 2 is 1.73 bits per heavy atom. The maximum absolute atomic E-state index is 12.8. The SMILES string of the molecule is Cc1ccccc1CC(CNCC1CCN(C(=O)CCNCC(O)C(O)C(O)CO)CC1)CNC(=O)c1nc(Cl)c(N)nc1N. The van der Waals surface area contributed by atoms with E-state index in [0.29, 0.717) is 38.6 Å². The van der Waals surface area contributed by atoms with Gasteiger partial charge in [-0.2, -0.15) is 0 Å². The van der Waals surface area contributed by atoms with Gasteiger partial charge in [0.25, 0.3) is 5.91 Å². The quantitative estimate of drug-likeness (QED) is 0.0946. The number of carbonyl (C=O) groups is 2. The maximum Gasteiger partial charge on any atom is 0.273 e. The summed E-state index contributed by atoms with van der Waals surface area (Å²) in [6.45, 7) is 4.87. The predicted octanol–water partition coefficient (Wildman–Crippen LogP) is -0.926. The van der Waals surface area contributed by atoms with Gasteiger partial charge in [-0.3, -0.25) is 9.59 Å². The Morgan fingerprint density at radius 3 is 2.42 bits per heavy atom. The molecule has 3 rings (SSSR count). The number of carbonyl (C=O) groups excluding carboxylic acids is 2. The van der Waals surface area contributed by atoms with Crippen molar-refractivity contribution >= 4 is 35.1 Å². The maximum atomic E-state index is 12.8. The van der Waals surface area contributed by atoms with E-state index in [2.05, 4.69) is 45.0 Å². The van der Waals surface area contributed by atoms with Crippen LogP contribution in [0.15, 0.2) is 24.3 Å². The Kier molecular flexibility index (Phi) is 14.7. The van der Waals surface area contributed by atoms with E-state index in [0.717, 1.165) is 25.8 Å². The highest BCUT2D eigenvalue weighted by Gasteiger charge is 2.25. The first-order chi connectivity index (χ1) is 21.5. The summed E-state index contributed by atoms with van der Waals surface area (Å²) in [5, 5.41) is 47.2. The van der Waals surface area contributed by atoms with Crippen molar-refractivity contribution in [2.75, 3.05) is 63.9 Å². The second kappa shape index (κ2) is 18.1. The van der Waals surface area contributed by atoms with Crippen LogP contribution in [0.4, 0.5) is 11.6 Å². The number of hydrogen-bond donors (Lipinski definition) is 9. The molecule has 1 aliphatic rings. The van der Waals surface area contributed by atoms with Crippen molar-refractivity contribution in [1.29, 1.82) is 0 Å². The average molecular weight is 651 g/mol. The molecule has 0 aliphatic carbocycles. The standard InChI is InChI=1S/C30H47ClN8O6/c1-18-4-2-3-5-21(18)12-20(15-36-30(45)25-28(32)38-29(33)27(31)37-25)14-35-13-19-7-10-39(11-8-19)24(43)6-9-34-16-22(41)26(44)23(42)17-40/h2-5,19-20,22-23,26,34-35,40-42,44H,6-17H2,1H3,(H,36,45)(H4,32,33,38). The van der Waals surface area contributed by atoms with Crippen molar-refractivity contribution in [2.45, 2.75) is 50.9 Å². The van der Waals surface area contributed by atoms with Crippen LogP contribution in [0.25, 0.3) is 0 Å². The lowest BCUT2D eigenvalue weighted by Crippen LogP contribution is -2.45. The molecule has 0 spiro atoms. The Hall–Kier alpha value is -3.11. The van der Waals surface area contributed by atoms with Gasteiger partial charge in [0.05, 0.1) is 12.7 Å². The molecule has 2 aromatic rings. The van der Waals surface area contributed by atoms with Crippen molar-refractivity contribution in [1.82, 2.24) is 30.8 Å². The number of aliphatic hydroxyl groups excluding tert-OH is 4. The van der Waals surface area contributed by atoms with E-state index in [4.69, 9.17) is 28.2 Å². The first-order valence-corrected chi connectivity index (χ1v) is 15.6. The molecule has 45 heavy (non-hydrogen) atoms. The highest BCUT2D eigenvalue weighted by Crippen LogP contribution is 2.19. The lowest BCUT2D eigenvalue weighted by atomic mass is 9.94. The zero-order valence-electron chi connectivity index (χ0n) is 25.7. The van der Waals surface area contributed by atoms with Crippen LogP contribution in [0.1, 0.15) is 40.9 Å². The van der Waals surface area contributed by atoms with E-state index in [1.54, 1.807) is 0 Å². The highest BCUT2D eigenvalue weighted by molar-refractivity contribution is 6.31. The first-order valence-electron chi connectivity index (χ1n) is 15.3. The van der Waals surface area contributed by atoms with Crippen molar-refractivity contribution in [2.24, 2.45) is 11.8 Å². The molecule has 0 radical (unpaired) electrons. The summed E-state index contributed by atoms with van der Waals surface area (Å²) in [6, 6.07) is 8.15. The van der Waals surface area contributed by atoms with Crippen LogP contribution >= 0.6 is 11.6 Å². The fraction of sp³-hybridized carbons (Fsp3) is 0.600. The number of halogens is 1. The highest BCUT2D eigenvalue weighted by atomic mass is 35.5. The van der Waals surface area contributed by atoms with Crippen LogP contribution in [0, 0.1) is 18.8 Å². The van der Waals surface area contributed by atoms with Gasteiger partial charge in [-0.25, -0.2) is 9.97 Å². The lowest BCUT2D eigenvalue weighted by Gasteiger charge is -2.32. The number of hydrogen-bond acceptors (Lipinski definition) is 12. The molecule has 0 saturated carbocycles. The van der Waals surface area contributed by atoms with Crippen molar-refractivity contribution in [3.8, 4) is 0 Å². The summed E-state index contributed by atoms with van der Waals surface area (Å²) < 4.78 is 0. The van der Waals surface area contributed by atoms with Crippen molar-refractivity contribution in [3.05, 3.63) is 46.2 Å². The Morgan fingerprint density at radius 1 is 1.02 bits per heavy atom. The molecular weight excluding hydrogens is 604 g/mol. The molecule has 4 atom stereocenters. The topological polar surface area (TPSA) is 232 Å². The number of nitrogens with zero attached hydrogens (tertiary/aromatic N) is 3. The van der Waals surface area contributed by atoms with E-state index >= 15 is 0 Å². The molecule has 1 saturated heterocycles. The van der Waals surface area contributed by atoms with E-state index in [9.17, 15) is 24.9 Å². The molecule has 2 heterocycles. The van der Waals surface area contributed by atoms with Crippen LogP contribution in [0.3, 0.4) is 0 Å². The van der Waals surface area contributed by atoms with Crippen LogP contribution in [0.5, 0.6) is 0 Å². The van der Waals surface area contributed by atoms with Crippen LogP contribution in [-0.2, 0) is 11.2 Å². The molecule has 15 heteroatoms. The minimum atomic E-state index is -1.47. The molecule has 1 fully saturated rings. The number of aryl methyl sites for hydroxylation is 1. The Bertz CT molecular complexity index is 1250. The summed E-state index contributed by atoms with van der Waals surface area (Å²) in [6.07, 6.45) is -1.41. The second-order valence-electron chi connectivity index (χ2n) is 11.6. The zero-order valence-corrected chi connectivity index (χ0v) is 26.4. The molecule has 0 bridgehead atoms. The molecule has 250 valence electrons. The number of aliphatic hydroxyl groups is 4. The minimum Gasteiger partial charge on any atom is -0.394 e. The lowest BCUT2D eigenvalue weighted by molar-refractivity contribution is -0.132. The number of nitrogens with one attached hydrogen (secondary N) is 3. The van der Waals surface area contributed by atoms with Gasteiger partial charge in [0.15, 0.2) is 22.5 Å². The van der Waals surface area contributed by atoms with Gasteiger partial charge in [-0.15, -0.1) is 0 Å². The summed E-state index contributed by atoms with van der Waals surface area (Å²) in [7, 11) is 0. The normalized spacial score (nSPS) is 16.6. The molecule has 1 aromatic heterocycles. The summed E-state index contributed by atoms with van der Waals surface area (Å²) in [5.74, 6) is -0.0982. The molecule has 1 aromatic carbocycles. The van der Waals surface area contributed by atoms with Crippen LogP contribution in [-0.4, -0.2) is 118 Å². The van der Waals surface area contributed by atoms with Crippen LogP contribution < -0.4 is 27.4 Å². The monoisotopic (exact) mass is 650 g/mol. The number of aromatic nitrogens is 2. The van der Waals surface area contributed by atoms with E-state index in [-0.39, 0.29) is 47.3 Å². The third kappa shape index (κ3) is 11.3. The molecule has 14 nitrogen and oxygen atoms in total. The molecule has 11 N–H and O–H groups in total. The number of benzene rings is 1. The summed E-state index contributed by atoms with van der Waals surface area (Å²) in [4.78, 5) is 35.2. The first kappa shape index (κ1) is 36.4. The third-order valence-corrected chi connectivity index (χ3v) is 8.40. The Balaban J connectivity index is 1.43. The van der Waals surface area contributed by atoms with Gasteiger partial charge in [0.1, 0.15) is 12.2 Å². The number of likely N-dealkylation sites (tertiary alicyclic amines) is 1. The van der Waals surface area contributed by atoms with E-state index in [1.165, 1.54) is 11.1 Å². The largest absolute Gasteiger partial charge is 0.394 e. The smallest absolute Gasteiger partial charge is 0.273 e. The number of rotatable bonds is 17. The average Bonchev–Trinajstić information content (AvgIpc) is 3.03. The zero-order chi connectivity index (χ0) is 32.9. The Labute approximate surface area is 268 Å². The van der Waals surface area contributed by atoms with Gasteiger partial charge in [0, 0.05) is 39.1 Å². The number of anilines is 2. The molecular formula is C30H47ClN8O6. The summed E-state index contributed by atoms with van der Waals surface area (Å²) >= 11 is 5.95. The number of piperidine rings is 1. The van der Waals surface area contributed by atoms with Crippen molar-refractivity contribution in [3.63, 3.8) is 0 Å².